The summed E-state index contributed by atoms with van der Waals surface area (Å²) in [6.45, 7) is -0.150. The molecule has 72 valence electrons. The Kier molecular flexibility index (Phi) is 3.84. The van der Waals surface area contributed by atoms with Crippen molar-refractivity contribution in [3.63, 3.8) is 0 Å². The van der Waals surface area contributed by atoms with E-state index in [-0.39, 0.29) is 18.6 Å². The number of rotatable bonds is 2. The van der Waals surface area contributed by atoms with Crippen LogP contribution in [0.5, 0.6) is 0 Å². The minimum Gasteiger partial charge on any atom is -0.392 e. The second-order valence-electron chi connectivity index (χ2n) is 2.64. The van der Waals surface area contributed by atoms with Crippen LogP contribution in [0.2, 0.25) is 0 Å². The largest absolute Gasteiger partial charge is 0.392 e. The first kappa shape index (κ1) is 10.4. The van der Waals surface area contributed by atoms with Crippen molar-refractivity contribution in [2.45, 2.75) is 13.0 Å². The molecule has 0 heterocycles. The standard InChI is InChI=1S/C11H9FO2/c12-11-5-4-9(8-14)7-10(11)3-1-2-6-13/h4-7,14H,2,8H2. The molecule has 0 bridgehead atoms. The number of benzene rings is 1. The quantitative estimate of drug-likeness (QED) is 0.565. The lowest BCUT2D eigenvalue weighted by atomic mass is 10.1. The zero-order valence-corrected chi connectivity index (χ0v) is 7.46. The van der Waals surface area contributed by atoms with Gasteiger partial charge in [0, 0.05) is 0 Å². The normalized spacial score (nSPS) is 9.00. The number of aliphatic hydroxyl groups is 1. The van der Waals surface area contributed by atoms with E-state index in [0.717, 1.165) is 0 Å². The number of halogens is 1. The minimum atomic E-state index is -0.444. The molecule has 1 N–H and O–H groups in total. The van der Waals surface area contributed by atoms with Crippen LogP contribution in [-0.4, -0.2) is 11.4 Å². The molecule has 1 aromatic rings. The highest BCUT2D eigenvalue weighted by Gasteiger charge is 1.99. The maximum Gasteiger partial charge on any atom is 0.138 e. The Morgan fingerprint density at radius 3 is 2.93 bits per heavy atom. The Labute approximate surface area is 81.4 Å². The first-order valence-corrected chi connectivity index (χ1v) is 4.09. The van der Waals surface area contributed by atoms with Gasteiger partial charge in [-0.1, -0.05) is 17.9 Å². The summed E-state index contributed by atoms with van der Waals surface area (Å²) in [4.78, 5) is 9.97. The molecule has 0 amide bonds. The summed E-state index contributed by atoms with van der Waals surface area (Å²) in [5.41, 5.74) is 0.806. The van der Waals surface area contributed by atoms with E-state index in [2.05, 4.69) is 11.8 Å². The molecule has 14 heavy (non-hydrogen) atoms. The Balaban J connectivity index is 2.96. The second kappa shape index (κ2) is 5.15. The van der Waals surface area contributed by atoms with E-state index in [1.165, 1.54) is 18.2 Å². The molecule has 0 aliphatic carbocycles. The zero-order valence-electron chi connectivity index (χ0n) is 7.46. The number of hydrogen-bond acceptors (Lipinski definition) is 2. The van der Waals surface area contributed by atoms with Crippen LogP contribution in [-0.2, 0) is 11.4 Å². The molecule has 0 spiro atoms. The van der Waals surface area contributed by atoms with Gasteiger partial charge >= 0.3 is 0 Å². The lowest BCUT2D eigenvalue weighted by Gasteiger charge is -1.97. The first-order chi connectivity index (χ1) is 6.77. The number of carbonyl (C=O) groups is 1. The third-order valence-electron chi connectivity index (χ3n) is 1.62. The van der Waals surface area contributed by atoms with Crippen molar-refractivity contribution in [1.82, 2.24) is 0 Å². The van der Waals surface area contributed by atoms with Crippen LogP contribution in [0.1, 0.15) is 17.5 Å². The molecule has 3 heteroatoms. The molecular weight excluding hydrogens is 183 g/mol. The first-order valence-electron chi connectivity index (χ1n) is 4.09. The van der Waals surface area contributed by atoms with Gasteiger partial charge in [-0.05, 0) is 17.7 Å². The van der Waals surface area contributed by atoms with E-state index >= 15 is 0 Å². The lowest BCUT2D eigenvalue weighted by Crippen LogP contribution is -1.88. The Morgan fingerprint density at radius 2 is 2.29 bits per heavy atom. The molecule has 0 saturated heterocycles. The van der Waals surface area contributed by atoms with E-state index in [1.54, 1.807) is 0 Å². The van der Waals surface area contributed by atoms with Gasteiger partial charge in [0.05, 0.1) is 18.6 Å². The van der Waals surface area contributed by atoms with Gasteiger partial charge in [0.2, 0.25) is 0 Å². The number of aldehydes is 1. The SMILES string of the molecule is O=CCC#Cc1cc(CO)ccc1F. The minimum absolute atomic E-state index is 0.0861. The van der Waals surface area contributed by atoms with Gasteiger partial charge in [-0.15, -0.1) is 0 Å². The maximum atomic E-state index is 13.1. The van der Waals surface area contributed by atoms with Gasteiger partial charge in [0.1, 0.15) is 12.1 Å². The maximum absolute atomic E-state index is 13.1. The molecular formula is C11H9FO2. The summed E-state index contributed by atoms with van der Waals surface area (Å²) < 4.78 is 13.1. The van der Waals surface area contributed by atoms with Crippen molar-refractivity contribution in [3.05, 3.63) is 35.1 Å². The third kappa shape index (κ3) is 2.68. The van der Waals surface area contributed by atoms with Gasteiger partial charge in [0.15, 0.2) is 0 Å². The average Bonchev–Trinajstić information content (AvgIpc) is 2.21. The van der Waals surface area contributed by atoms with E-state index in [0.29, 0.717) is 11.8 Å². The highest BCUT2D eigenvalue weighted by molar-refractivity contribution is 5.55. The molecule has 0 unspecified atom stereocenters. The monoisotopic (exact) mass is 192 g/mol. The molecule has 0 fully saturated rings. The average molecular weight is 192 g/mol. The number of carbonyl (C=O) groups excluding carboxylic acids is 1. The van der Waals surface area contributed by atoms with Crippen LogP contribution in [0.15, 0.2) is 18.2 Å². The zero-order chi connectivity index (χ0) is 10.4. The molecule has 0 aliphatic heterocycles. The van der Waals surface area contributed by atoms with E-state index in [9.17, 15) is 9.18 Å². The number of aliphatic hydroxyl groups excluding tert-OH is 1. The van der Waals surface area contributed by atoms with Crippen molar-refractivity contribution >= 4 is 6.29 Å². The van der Waals surface area contributed by atoms with Gasteiger partial charge in [-0.3, -0.25) is 0 Å². The van der Waals surface area contributed by atoms with Gasteiger partial charge in [-0.25, -0.2) is 4.39 Å². The second-order valence-corrected chi connectivity index (χ2v) is 2.64. The topological polar surface area (TPSA) is 37.3 Å². The molecule has 0 atom stereocenters. The summed E-state index contributed by atoms with van der Waals surface area (Å²) in [6, 6.07) is 4.20. The van der Waals surface area contributed by atoms with E-state index in [1.807, 2.05) is 0 Å². The van der Waals surface area contributed by atoms with Crippen molar-refractivity contribution in [3.8, 4) is 11.8 Å². The van der Waals surface area contributed by atoms with Gasteiger partial charge < -0.3 is 9.90 Å². The van der Waals surface area contributed by atoms with Crippen molar-refractivity contribution in [2.24, 2.45) is 0 Å². The van der Waals surface area contributed by atoms with Gasteiger partial charge in [0.25, 0.3) is 0 Å². The smallest absolute Gasteiger partial charge is 0.138 e. The van der Waals surface area contributed by atoms with E-state index < -0.39 is 5.82 Å². The third-order valence-corrected chi connectivity index (χ3v) is 1.62. The molecule has 0 radical (unpaired) electrons. The Bertz CT molecular complexity index is 388. The summed E-state index contributed by atoms with van der Waals surface area (Å²) >= 11 is 0. The molecule has 1 rings (SSSR count). The fourth-order valence-corrected chi connectivity index (χ4v) is 0.954. The Hall–Kier alpha value is -1.66. The van der Waals surface area contributed by atoms with Crippen molar-refractivity contribution in [2.75, 3.05) is 0 Å². The predicted molar refractivity (Wildman–Crippen MR) is 49.9 cm³/mol. The summed E-state index contributed by atoms with van der Waals surface area (Å²) in [7, 11) is 0. The lowest BCUT2D eigenvalue weighted by molar-refractivity contribution is -0.107. The van der Waals surface area contributed by atoms with Gasteiger partial charge in [-0.2, -0.15) is 0 Å². The van der Waals surface area contributed by atoms with E-state index in [4.69, 9.17) is 5.11 Å². The number of hydrogen-bond donors (Lipinski definition) is 1. The highest BCUT2D eigenvalue weighted by atomic mass is 19.1. The molecule has 0 aliphatic rings. The van der Waals surface area contributed by atoms with Crippen molar-refractivity contribution < 1.29 is 14.3 Å². The van der Waals surface area contributed by atoms with Crippen LogP contribution in [0.4, 0.5) is 4.39 Å². The van der Waals surface area contributed by atoms with Crippen LogP contribution in [0.3, 0.4) is 0 Å². The highest BCUT2D eigenvalue weighted by Crippen LogP contribution is 2.09. The fourth-order valence-electron chi connectivity index (χ4n) is 0.954. The van der Waals surface area contributed by atoms with Crippen molar-refractivity contribution in [1.29, 1.82) is 0 Å². The Morgan fingerprint density at radius 1 is 1.50 bits per heavy atom. The van der Waals surface area contributed by atoms with Crippen LogP contribution < -0.4 is 0 Å². The summed E-state index contributed by atoms with van der Waals surface area (Å²) in [6.07, 6.45) is 0.740. The fraction of sp³-hybridized carbons (Fsp3) is 0.182. The molecule has 2 nitrogen and oxygen atoms in total. The summed E-state index contributed by atoms with van der Waals surface area (Å²) in [5, 5.41) is 8.80. The van der Waals surface area contributed by atoms with Crippen LogP contribution in [0, 0.1) is 17.7 Å². The van der Waals surface area contributed by atoms with Crippen LogP contribution in [0.25, 0.3) is 0 Å². The molecule has 0 aromatic heterocycles. The summed E-state index contributed by atoms with van der Waals surface area (Å²) in [5.74, 6) is 4.58. The molecule has 0 saturated carbocycles. The van der Waals surface area contributed by atoms with Crippen LogP contribution >= 0.6 is 0 Å². The predicted octanol–water partition coefficient (Wildman–Crippen LogP) is 1.26. The molecule has 1 aromatic carbocycles.